The van der Waals surface area contributed by atoms with Crippen molar-refractivity contribution in [2.45, 2.75) is 13.3 Å². The standard InChI is InChI=1S/C25H24ClF2NO4.C2H2/c1-16(9-10-18(13-14-31-3)20-7-5-6-8-22(20)26)24(32-4)29-17(2)19-11-12-21(23(27)15-19)25(30)33-28;1-2/h5-12,15H,2,13-14H2,1,3-4H3;1-2H/b16-9+,18-10+,29-24?;. The summed E-state index contributed by atoms with van der Waals surface area (Å²) in [6.45, 7) is 6.14. The van der Waals surface area contributed by atoms with E-state index in [1.165, 1.54) is 13.2 Å². The molecule has 2 aromatic carbocycles. The molecular formula is C27H26ClF2NO4. The predicted octanol–water partition coefficient (Wildman–Crippen LogP) is 6.85. The maximum Gasteiger partial charge on any atom is 0.382 e. The number of nitrogens with zero attached hydrogens (tertiary/aromatic N) is 1. The van der Waals surface area contributed by atoms with E-state index in [4.69, 9.17) is 21.1 Å². The molecule has 0 saturated heterocycles. The lowest BCUT2D eigenvalue weighted by Crippen LogP contribution is -2.05. The quantitative estimate of drug-likeness (QED) is 0.163. The highest BCUT2D eigenvalue weighted by atomic mass is 35.5. The first-order valence-corrected chi connectivity index (χ1v) is 10.6. The number of carbonyl (C=O) groups is 1. The third kappa shape index (κ3) is 8.53. The van der Waals surface area contributed by atoms with Crippen LogP contribution < -0.4 is 0 Å². The van der Waals surface area contributed by atoms with Crippen molar-refractivity contribution >= 4 is 34.7 Å². The fraction of sp³-hybridized carbons (Fsp3) is 0.185. The molecule has 8 heteroatoms. The average molecular weight is 502 g/mol. The Morgan fingerprint density at radius 2 is 1.83 bits per heavy atom. The van der Waals surface area contributed by atoms with Crippen molar-refractivity contribution in [2.24, 2.45) is 4.99 Å². The summed E-state index contributed by atoms with van der Waals surface area (Å²) in [6, 6.07) is 11.0. The fourth-order valence-electron chi connectivity index (χ4n) is 2.92. The minimum atomic E-state index is -1.42. The van der Waals surface area contributed by atoms with E-state index < -0.39 is 17.3 Å². The van der Waals surface area contributed by atoms with Gasteiger partial charge in [-0.25, -0.2) is 19.1 Å². The molecule has 0 amide bonds. The lowest BCUT2D eigenvalue weighted by molar-refractivity contribution is -0.0791. The second-order valence-corrected chi connectivity index (χ2v) is 7.30. The van der Waals surface area contributed by atoms with Gasteiger partial charge < -0.3 is 9.47 Å². The molecule has 0 aliphatic heterocycles. The molecule has 0 bridgehead atoms. The zero-order chi connectivity index (χ0) is 26.4. The third-order valence-electron chi connectivity index (χ3n) is 4.69. The summed E-state index contributed by atoms with van der Waals surface area (Å²) in [5.74, 6) is -2.11. The Hall–Kier alpha value is -3.73. The zero-order valence-electron chi connectivity index (χ0n) is 19.7. The summed E-state index contributed by atoms with van der Waals surface area (Å²) in [7, 11) is 3.08. The van der Waals surface area contributed by atoms with Crippen LogP contribution in [0.1, 0.15) is 34.8 Å². The number of hydrogen-bond acceptors (Lipinski definition) is 5. The molecule has 0 aliphatic carbocycles. The molecule has 35 heavy (non-hydrogen) atoms. The molecule has 0 radical (unpaired) electrons. The smallest absolute Gasteiger partial charge is 0.382 e. The monoisotopic (exact) mass is 501 g/mol. The topological polar surface area (TPSA) is 57.1 Å². The van der Waals surface area contributed by atoms with Crippen LogP contribution in [-0.4, -0.2) is 32.7 Å². The molecule has 5 nitrogen and oxygen atoms in total. The maximum absolute atomic E-state index is 14.1. The first-order valence-electron chi connectivity index (χ1n) is 10.2. The minimum absolute atomic E-state index is 0.188. The number of rotatable bonds is 9. The number of hydrogen-bond donors (Lipinski definition) is 0. The van der Waals surface area contributed by atoms with Crippen LogP contribution in [0.2, 0.25) is 5.02 Å². The summed E-state index contributed by atoms with van der Waals surface area (Å²) in [4.78, 5) is 18.6. The molecule has 0 heterocycles. The van der Waals surface area contributed by atoms with Gasteiger partial charge in [-0.05, 0) is 42.7 Å². The first-order chi connectivity index (χ1) is 16.8. The number of terminal acetylenes is 1. The first kappa shape index (κ1) is 29.3. The van der Waals surface area contributed by atoms with Gasteiger partial charge in [0.15, 0.2) is 0 Å². The van der Waals surface area contributed by atoms with Gasteiger partial charge in [0, 0.05) is 27.8 Å². The number of ether oxygens (including phenoxy) is 2. The third-order valence-corrected chi connectivity index (χ3v) is 5.02. The number of halogens is 3. The molecule has 0 N–H and O–H groups in total. The Balaban J connectivity index is 0.00000298. The van der Waals surface area contributed by atoms with Gasteiger partial charge in [0.1, 0.15) is 5.82 Å². The zero-order valence-corrected chi connectivity index (χ0v) is 20.4. The Bertz CT molecular complexity index is 1150. The summed E-state index contributed by atoms with van der Waals surface area (Å²) in [5, 5.41) is 0.627. The normalized spacial score (nSPS) is 11.8. The van der Waals surface area contributed by atoms with E-state index in [-0.39, 0.29) is 17.2 Å². The second kappa shape index (κ2) is 15.2. The predicted molar refractivity (Wildman–Crippen MR) is 136 cm³/mol. The highest BCUT2D eigenvalue weighted by molar-refractivity contribution is 6.32. The van der Waals surface area contributed by atoms with Crippen LogP contribution in [0.4, 0.5) is 8.92 Å². The van der Waals surface area contributed by atoms with E-state index in [0.717, 1.165) is 23.3 Å². The van der Waals surface area contributed by atoms with Crippen LogP contribution in [0.25, 0.3) is 11.3 Å². The lowest BCUT2D eigenvalue weighted by atomic mass is 10.0. The van der Waals surface area contributed by atoms with Gasteiger partial charge >= 0.3 is 5.97 Å². The van der Waals surface area contributed by atoms with Crippen molar-refractivity contribution in [3.05, 3.63) is 94.3 Å². The van der Waals surface area contributed by atoms with Gasteiger partial charge in [0.25, 0.3) is 0 Å². The summed E-state index contributed by atoms with van der Waals surface area (Å²) >= 11 is 6.35. The number of carbonyl (C=O) groups excluding carboxylic acids is 1. The molecule has 0 saturated carbocycles. The molecule has 0 fully saturated rings. The second-order valence-electron chi connectivity index (χ2n) is 6.89. The Kier molecular flexibility index (Phi) is 12.7. The van der Waals surface area contributed by atoms with E-state index in [1.54, 1.807) is 14.0 Å². The molecule has 184 valence electrons. The number of allylic oxidation sites excluding steroid dienone is 2. The highest BCUT2D eigenvalue weighted by Gasteiger charge is 2.15. The van der Waals surface area contributed by atoms with Gasteiger partial charge in [-0.15, -0.1) is 12.8 Å². The van der Waals surface area contributed by atoms with E-state index in [9.17, 15) is 13.7 Å². The Labute approximate surface area is 209 Å². The van der Waals surface area contributed by atoms with Crippen LogP contribution in [0.15, 0.2) is 71.8 Å². The van der Waals surface area contributed by atoms with Gasteiger partial charge in [0.2, 0.25) is 5.90 Å². The minimum Gasteiger partial charge on any atom is -0.481 e. The van der Waals surface area contributed by atoms with Gasteiger partial charge in [-0.1, -0.05) is 54.6 Å². The SMILES string of the molecule is C#C.C=C(N=C(OC)/C(C)=C/C=C(\CCOC)c1ccccc1Cl)c1ccc(C(=O)OF)c(F)c1. The molecule has 2 rings (SSSR count). The molecule has 0 unspecified atom stereocenters. The largest absolute Gasteiger partial charge is 0.481 e. The number of aliphatic imine (C=N–C) groups is 1. The van der Waals surface area contributed by atoms with E-state index in [2.05, 4.69) is 29.4 Å². The maximum atomic E-state index is 14.1. The van der Waals surface area contributed by atoms with Crippen molar-refractivity contribution in [3.63, 3.8) is 0 Å². The Morgan fingerprint density at radius 1 is 1.14 bits per heavy atom. The van der Waals surface area contributed by atoms with Gasteiger partial charge in [0.05, 0.1) is 25.0 Å². The van der Waals surface area contributed by atoms with Crippen molar-refractivity contribution in [1.29, 1.82) is 0 Å². The van der Waals surface area contributed by atoms with Crippen molar-refractivity contribution < 1.29 is 28.1 Å². The van der Waals surface area contributed by atoms with Crippen molar-refractivity contribution in [3.8, 4) is 12.8 Å². The van der Waals surface area contributed by atoms with Crippen molar-refractivity contribution in [2.75, 3.05) is 20.8 Å². The Morgan fingerprint density at radius 3 is 2.40 bits per heavy atom. The average Bonchev–Trinajstić information content (AvgIpc) is 2.88. The highest BCUT2D eigenvalue weighted by Crippen LogP contribution is 2.27. The molecule has 0 spiro atoms. The van der Waals surface area contributed by atoms with Crippen LogP contribution in [-0.2, 0) is 14.4 Å². The molecular weight excluding hydrogens is 476 g/mol. The van der Waals surface area contributed by atoms with Gasteiger partial charge in [-0.2, -0.15) is 0 Å². The molecule has 0 aromatic heterocycles. The van der Waals surface area contributed by atoms with Crippen LogP contribution in [0, 0.1) is 18.7 Å². The summed E-state index contributed by atoms with van der Waals surface area (Å²) in [5.41, 5.74) is 2.48. The number of benzene rings is 2. The lowest BCUT2D eigenvalue weighted by Gasteiger charge is -2.10. The van der Waals surface area contributed by atoms with Crippen LogP contribution in [0.5, 0.6) is 0 Å². The van der Waals surface area contributed by atoms with Crippen LogP contribution >= 0.6 is 11.6 Å². The van der Waals surface area contributed by atoms with Crippen molar-refractivity contribution in [1.82, 2.24) is 0 Å². The number of methoxy groups -OCH3 is 2. The molecule has 0 aliphatic rings. The van der Waals surface area contributed by atoms with E-state index >= 15 is 0 Å². The van der Waals surface area contributed by atoms with E-state index in [0.29, 0.717) is 23.6 Å². The summed E-state index contributed by atoms with van der Waals surface area (Å²) in [6.07, 6.45) is 12.4. The molecule has 2 aromatic rings. The molecule has 0 atom stereocenters. The summed E-state index contributed by atoms with van der Waals surface area (Å²) < 4.78 is 36.7. The van der Waals surface area contributed by atoms with E-state index in [1.807, 2.05) is 36.4 Å². The van der Waals surface area contributed by atoms with Crippen LogP contribution in [0.3, 0.4) is 0 Å². The van der Waals surface area contributed by atoms with Gasteiger partial charge in [-0.3, -0.25) is 0 Å². The fourth-order valence-corrected chi connectivity index (χ4v) is 3.18.